The van der Waals surface area contributed by atoms with E-state index in [0.29, 0.717) is 5.69 Å². The van der Waals surface area contributed by atoms with Crippen LogP contribution in [0.25, 0.3) is 16.8 Å². The number of quaternary nitrogens is 1. The lowest BCUT2D eigenvalue weighted by Crippen LogP contribution is -3.10. The number of nitrogens with one attached hydrogen (secondary N) is 1. The van der Waals surface area contributed by atoms with Gasteiger partial charge >= 0.3 is 0 Å². The first-order chi connectivity index (χ1) is 14.7. The van der Waals surface area contributed by atoms with E-state index in [1.807, 2.05) is 79.0 Å². The molecule has 144 valence electrons. The Morgan fingerprint density at radius 3 is 2.43 bits per heavy atom. The molecule has 5 atom stereocenters. The summed E-state index contributed by atoms with van der Waals surface area (Å²) >= 11 is 0. The molecule has 3 aliphatic heterocycles. The molecule has 5 heteroatoms. The predicted octanol–water partition coefficient (Wildman–Crippen LogP) is 2.46. The molecule has 30 heavy (non-hydrogen) atoms. The maximum atomic E-state index is 13.6. The number of hydrogen-bond donors (Lipinski definition) is 1. The first kappa shape index (κ1) is 17.1. The van der Waals surface area contributed by atoms with E-state index in [4.69, 9.17) is 0 Å². The molecular weight excluding hydrogens is 374 g/mol. The quantitative estimate of drug-likeness (QED) is 0.647. The smallest absolute Gasteiger partial charge is 0.245 e. The SMILES string of the molecule is N#C[C@H]1[C@H]2C(=O)N(c3ccc4ccccc4c3)C(=O)[C@H]2[C@@H]2c3ccccc3C=C[NH+]12. The van der Waals surface area contributed by atoms with Crippen molar-refractivity contribution >= 4 is 34.4 Å². The molecule has 3 aliphatic rings. The van der Waals surface area contributed by atoms with Crippen molar-refractivity contribution in [1.82, 2.24) is 0 Å². The van der Waals surface area contributed by atoms with E-state index in [-0.39, 0.29) is 17.9 Å². The van der Waals surface area contributed by atoms with Gasteiger partial charge in [0.05, 0.1) is 11.9 Å². The maximum Gasteiger partial charge on any atom is 0.245 e. The lowest BCUT2D eigenvalue weighted by atomic mass is 9.85. The summed E-state index contributed by atoms with van der Waals surface area (Å²) in [5.41, 5.74) is 2.66. The van der Waals surface area contributed by atoms with Crippen molar-refractivity contribution in [3.05, 3.63) is 84.1 Å². The summed E-state index contributed by atoms with van der Waals surface area (Å²) in [6, 6.07) is 23.0. The van der Waals surface area contributed by atoms with Crippen LogP contribution in [-0.4, -0.2) is 17.9 Å². The minimum Gasteiger partial charge on any atom is -0.287 e. The van der Waals surface area contributed by atoms with Gasteiger partial charge in [0.25, 0.3) is 0 Å². The number of anilines is 1. The lowest BCUT2D eigenvalue weighted by Gasteiger charge is -2.29. The molecule has 2 saturated heterocycles. The molecule has 0 radical (unpaired) electrons. The first-order valence-corrected chi connectivity index (χ1v) is 10.1. The maximum absolute atomic E-state index is 13.6. The number of amides is 2. The van der Waals surface area contributed by atoms with Crippen LogP contribution in [0.2, 0.25) is 0 Å². The zero-order chi connectivity index (χ0) is 20.4. The van der Waals surface area contributed by atoms with E-state index in [1.54, 1.807) is 0 Å². The number of imide groups is 1. The van der Waals surface area contributed by atoms with Gasteiger partial charge in [-0.3, -0.25) is 14.5 Å². The summed E-state index contributed by atoms with van der Waals surface area (Å²) in [4.78, 5) is 29.3. The van der Waals surface area contributed by atoms with Gasteiger partial charge in [-0.25, -0.2) is 4.90 Å². The first-order valence-electron chi connectivity index (χ1n) is 10.1. The zero-order valence-corrected chi connectivity index (χ0v) is 16.0. The van der Waals surface area contributed by atoms with Crippen LogP contribution in [0.3, 0.4) is 0 Å². The molecule has 0 saturated carbocycles. The lowest BCUT2D eigenvalue weighted by molar-refractivity contribution is -0.885. The highest BCUT2D eigenvalue weighted by molar-refractivity contribution is 6.23. The van der Waals surface area contributed by atoms with Gasteiger partial charge in [-0.05, 0) is 34.5 Å². The topological polar surface area (TPSA) is 65.6 Å². The monoisotopic (exact) mass is 392 g/mol. The van der Waals surface area contributed by atoms with Crippen LogP contribution in [-0.2, 0) is 9.59 Å². The average Bonchev–Trinajstić information content (AvgIpc) is 3.25. The number of rotatable bonds is 1. The summed E-state index contributed by atoms with van der Waals surface area (Å²) in [6.45, 7) is 0. The minimum atomic E-state index is -0.634. The van der Waals surface area contributed by atoms with E-state index >= 15 is 0 Å². The number of carbonyl (C=O) groups is 2. The van der Waals surface area contributed by atoms with Crippen LogP contribution in [0.4, 0.5) is 5.69 Å². The fourth-order valence-corrected chi connectivity index (χ4v) is 5.46. The fraction of sp³-hybridized carbons (Fsp3) is 0.160. The highest BCUT2D eigenvalue weighted by Crippen LogP contribution is 2.44. The molecule has 2 amide bonds. The average molecular weight is 392 g/mol. The fourth-order valence-electron chi connectivity index (χ4n) is 5.46. The highest BCUT2D eigenvalue weighted by Gasteiger charge is 2.66. The Morgan fingerprint density at radius 2 is 1.60 bits per heavy atom. The number of benzene rings is 3. The Labute approximate surface area is 173 Å². The van der Waals surface area contributed by atoms with Crippen molar-refractivity contribution in [2.45, 2.75) is 12.1 Å². The van der Waals surface area contributed by atoms with Crippen LogP contribution in [0.15, 0.2) is 72.9 Å². The highest BCUT2D eigenvalue weighted by atomic mass is 16.2. The van der Waals surface area contributed by atoms with Gasteiger partial charge in [0.1, 0.15) is 23.9 Å². The Morgan fingerprint density at radius 1 is 0.867 bits per heavy atom. The molecule has 0 aliphatic carbocycles. The number of nitrogens with zero attached hydrogens (tertiary/aromatic N) is 2. The number of nitriles is 1. The normalized spacial score (nSPS) is 28.9. The third kappa shape index (κ3) is 2.14. The molecule has 0 bridgehead atoms. The van der Waals surface area contributed by atoms with Crippen molar-refractivity contribution in [2.75, 3.05) is 4.90 Å². The summed E-state index contributed by atoms with van der Waals surface area (Å²) in [7, 11) is 0. The summed E-state index contributed by atoms with van der Waals surface area (Å²) < 4.78 is 0. The molecule has 1 N–H and O–H groups in total. The molecule has 0 aromatic heterocycles. The van der Waals surface area contributed by atoms with Crippen molar-refractivity contribution in [1.29, 1.82) is 5.26 Å². The molecule has 3 heterocycles. The van der Waals surface area contributed by atoms with Gasteiger partial charge in [-0.1, -0.05) is 54.6 Å². The van der Waals surface area contributed by atoms with Gasteiger partial charge in [0, 0.05) is 5.56 Å². The van der Waals surface area contributed by atoms with E-state index in [2.05, 4.69) is 6.07 Å². The number of hydrogen-bond acceptors (Lipinski definition) is 3. The van der Waals surface area contributed by atoms with Crippen LogP contribution in [0.1, 0.15) is 17.2 Å². The molecule has 6 rings (SSSR count). The molecule has 0 spiro atoms. The van der Waals surface area contributed by atoms with Gasteiger partial charge in [0.2, 0.25) is 11.8 Å². The Balaban J connectivity index is 1.48. The van der Waals surface area contributed by atoms with Gasteiger partial charge < -0.3 is 0 Å². The molecule has 3 aromatic rings. The Bertz CT molecular complexity index is 1300. The van der Waals surface area contributed by atoms with Crippen LogP contribution < -0.4 is 9.80 Å². The van der Waals surface area contributed by atoms with Crippen LogP contribution in [0.5, 0.6) is 0 Å². The molecular formula is C25H18N3O2+. The largest absolute Gasteiger partial charge is 0.287 e. The van der Waals surface area contributed by atoms with Crippen molar-refractivity contribution in [2.24, 2.45) is 11.8 Å². The summed E-state index contributed by atoms with van der Waals surface area (Å²) in [5, 5.41) is 11.9. The second kappa shape index (κ2) is 6.12. The van der Waals surface area contributed by atoms with E-state index in [9.17, 15) is 14.9 Å². The third-order valence-corrected chi connectivity index (χ3v) is 6.75. The number of fused-ring (bicyclic) bond motifs is 6. The van der Waals surface area contributed by atoms with Gasteiger partial charge in [-0.2, -0.15) is 5.26 Å². The van der Waals surface area contributed by atoms with E-state index < -0.39 is 17.9 Å². The molecule has 1 unspecified atom stereocenters. The molecule has 5 nitrogen and oxygen atoms in total. The second-order valence-corrected chi connectivity index (χ2v) is 8.14. The third-order valence-electron chi connectivity index (χ3n) is 6.75. The molecule has 2 fully saturated rings. The predicted molar refractivity (Wildman–Crippen MR) is 112 cm³/mol. The minimum absolute atomic E-state index is 0.203. The van der Waals surface area contributed by atoms with Crippen molar-refractivity contribution < 1.29 is 14.5 Å². The number of carbonyl (C=O) groups excluding carboxylic acids is 2. The van der Waals surface area contributed by atoms with E-state index in [1.165, 1.54) is 4.90 Å². The zero-order valence-electron chi connectivity index (χ0n) is 16.0. The van der Waals surface area contributed by atoms with E-state index in [0.717, 1.165) is 26.8 Å². The Hall–Kier alpha value is -3.75. The van der Waals surface area contributed by atoms with Gasteiger partial charge in [0.15, 0.2) is 6.04 Å². The van der Waals surface area contributed by atoms with Crippen molar-refractivity contribution in [3.8, 4) is 6.07 Å². The van der Waals surface area contributed by atoms with Gasteiger partial charge in [-0.15, -0.1) is 0 Å². The second-order valence-electron chi connectivity index (χ2n) is 8.14. The molecule has 3 aromatic carbocycles. The van der Waals surface area contributed by atoms with Crippen LogP contribution >= 0.6 is 0 Å². The van der Waals surface area contributed by atoms with Crippen molar-refractivity contribution in [3.63, 3.8) is 0 Å². The standard InChI is InChI=1S/C25H17N3O2/c26-14-20-21-22(23-19-8-4-3-6-16(19)11-12-27(20)23)25(30)28(24(21)29)18-10-9-15-5-1-2-7-17(15)13-18/h1-13,20-23H/p+1/t20-,21+,22+,23-/m0/s1. The summed E-state index contributed by atoms with van der Waals surface area (Å²) in [6.07, 6.45) is 3.93. The Kier molecular flexibility index (Phi) is 3.50. The van der Waals surface area contributed by atoms with Crippen LogP contribution in [0, 0.1) is 23.2 Å². The summed E-state index contributed by atoms with van der Waals surface area (Å²) in [5.74, 6) is -1.63.